The maximum Gasteiger partial charge on any atom is 0.230 e. The summed E-state index contributed by atoms with van der Waals surface area (Å²) in [6.07, 6.45) is 16.9. The summed E-state index contributed by atoms with van der Waals surface area (Å²) >= 11 is 1.32. The molecule has 0 atom stereocenters. The van der Waals surface area contributed by atoms with Gasteiger partial charge >= 0.3 is 0 Å². The second-order valence-electron chi connectivity index (χ2n) is 9.42. The van der Waals surface area contributed by atoms with Gasteiger partial charge in [0.15, 0.2) is 5.12 Å². The van der Waals surface area contributed by atoms with Crippen molar-refractivity contribution in [2.24, 2.45) is 17.3 Å². The van der Waals surface area contributed by atoms with Gasteiger partial charge in [0.1, 0.15) is 0 Å². The fourth-order valence-electron chi connectivity index (χ4n) is 5.20. The van der Waals surface area contributed by atoms with Crippen LogP contribution in [0.2, 0.25) is 0 Å². The first kappa shape index (κ1) is 24.1. The number of carbonyl (C=O) groups is 2. The monoisotopic (exact) mass is 441 g/mol. The van der Waals surface area contributed by atoms with Crippen LogP contribution in [-0.2, 0) is 9.59 Å². The molecular formula is C27H39NO2S. The molecule has 1 aromatic carbocycles. The van der Waals surface area contributed by atoms with Crippen molar-refractivity contribution in [1.29, 1.82) is 0 Å². The molecule has 4 heteroatoms. The van der Waals surface area contributed by atoms with Gasteiger partial charge in [0, 0.05) is 16.2 Å². The van der Waals surface area contributed by atoms with Crippen molar-refractivity contribution in [3.05, 3.63) is 36.4 Å². The Kier molecular flexibility index (Phi) is 9.25. The van der Waals surface area contributed by atoms with Gasteiger partial charge in [0.05, 0.1) is 5.69 Å². The lowest BCUT2D eigenvalue weighted by Gasteiger charge is -2.38. The molecule has 0 bridgehead atoms. The lowest BCUT2D eigenvalue weighted by Crippen LogP contribution is -2.39. The van der Waals surface area contributed by atoms with Gasteiger partial charge in [-0.2, -0.15) is 0 Å². The minimum absolute atomic E-state index is 0.100. The van der Waals surface area contributed by atoms with E-state index in [-0.39, 0.29) is 22.4 Å². The molecule has 170 valence electrons. The molecular weight excluding hydrogens is 402 g/mol. The van der Waals surface area contributed by atoms with E-state index in [1.54, 1.807) is 0 Å². The predicted molar refractivity (Wildman–Crippen MR) is 131 cm³/mol. The lowest BCUT2D eigenvalue weighted by molar-refractivity contribution is -0.128. The number of anilines is 1. The number of hydrogen-bond donors (Lipinski definition) is 1. The van der Waals surface area contributed by atoms with E-state index in [1.165, 1.54) is 18.2 Å². The average Bonchev–Trinajstić information content (AvgIpc) is 3.09. The molecule has 31 heavy (non-hydrogen) atoms. The van der Waals surface area contributed by atoms with Crippen LogP contribution in [0.5, 0.6) is 0 Å². The number of benzene rings is 1. The first-order valence-corrected chi connectivity index (χ1v) is 13.2. The van der Waals surface area contributed by atoms with Crippen LogP contribution in [-0.4, -0.2) is 11.0 Å². The van der Waals surface area contributed by atoms with E-state index in [0.29, 0.717) is 5.92 Å². The number of carbonyl (C=O) groups excluding carboxylic acids is 2. The van der Waals surface area contributed by atoms with E-state index in [1.807, 2.05) is 24.3 Å². The molecule has 0 heterocycles. The van der Waals surface area contributed by atoms with Crippen molar-refractivity contribution in [1.82, 2.24) is 0 Å². The molecule has 1 aromatic rings. The summed E-state index contributed by atoms with van der Waals surface area (Å²) in [4.78, 5) is 27.5. The molecule has 3 rings (SSSR count). The Bertz CT molecular complexity index is 752. The van der Waals surface area contributed by atoms with Crippen molar-refractivity contribution >= 4 is 28.5 Å². The van der Waals surface area contributed by atoms with E-state index in [2.05, 4.69) is 31.3 Å². The van der Waals surface area contributed by atoms with Crippen molar-refractivity contribution in [3.8, 4) is 0 Å². The highest BCUT2D eigenvalue weighted by atomic mass is 32.2. The quantitative estimate of drug-likeness (QED) is 0.331. The fourth-order valence-corrected chi connectivity index (χ4v) is 6.19. The Hall–Kier alpha value is -1.55. The van der Waals surface area contributed by atoms with Crippen LogP contribution in [0.1, 0.15) is 90.9 Å². The molecule has 2 aliphatic carbocycles. The lowest BCUT2D eigenvalue weighted by atomic mass is 9.67. The number of nitrogens with one attached hydrogen (secondary N) is 1. The van der Waals surface area contributed by atoms with Crippen LogP contribution in [0.3, 0.4) is 0 Å². The van der Waals surface area contributed by atoms with Gasteiger partial charge in [-0.15, -0.1) is 0 Å². The van der Waals surface area contributed by atoms with E-state index in [0.717, 1.165) is 81.2 Å². The number of amides is 1. The van der Waals surface area contributed by atoms with E-state index in [9.17, 15) is 9.59 Å². The third-order valence-electron chi connectivity index (χ3n) is 7.34. The van der Waals surface area contributed by atoms with Crippen molar-refractivity contribution in [2.45, 2.75) is 95.8 Å². The SMILES string of the molecule is CCC(CC)CC1(C(=O)Nc2ccccc2SC(=O)C2CCC=CCC2)CCCCC1. The number of para-hydroxylation sites is 1. The standard InChI is InChI=1S/C27H39NO2S/c1-3-21(4-2)20-27(18-12-7-13-19-27)26(30)28-23-16-10-11-17-24(23)31-25(29)22-14-8-5-6-9-15-22/h5-6,10-11,16-17,21-22H,3-4,7-9,12-15,18-20H2,1-2H3,(H,28,30). The second-order valence-corrected chi connectivity index (χ2v) is 10.5. The summed E-state index contributed by atoms with van der Waals surface area (Å²) in [6.45, 7) is 4.48. The minimum atomic E-state index is -0.260. The first-order valence-electron chi connectivity index (χ1n) is 12.3. The summed E-state index contributed by atoms with van der Waals surface area (Å²) in [7, 11) is 0. The number of hydrogen-bond acceptors (Lipinski definition) is 3. The summed E-state index contributed by atoms with van der Waals surface area (Å²) < 4.78 is 0. The van der Waals surface area contributed by atoms with Crippen LogP contribution < -0.4 is 5.32 Å². The van der Waals surface area contributed by atoms with Crippen molar-refractivity contribution in [2.75, 3.05) is 5.32 Å². The maximum atomic E-state index is 13.6. The van der Waals surface area contributed by atoms with Crippen molar-refractivity contribution < 1.29 is 9.59 Å². The Balaban J connectivity index is 1.73. The molecule has 0 unspecified atom stereocenters. The molecule has 1 amide bonds. The molecule has 2 aliphatic rings. The largest absolute Gasteiger partial charge is 0.325 e. The van der Waals surface area contributed by atoms with Gasteiger partial charge in [-0.05, 0) is 74.8 Å². The topological polar surface area (TPSA) is 46.2 Å². The summed E-state index contributed by atoms with van der Waals surface area (Å²) in [5.41, 5.74) is 0.538. The average molecular weight is 442 g/mol. The normalized spacial score (nSPS) is 19.2. The highest BCUT2D eigenvalue weighted by Crippen LogP contribution is 2.44. The molecule has 3 nitrogen and oxygen atoms in total. The zero-order chi connectivity index (χ0) is 22.1. The van der Waals surface area contributed by atoms with Crippen LogP contribution in [0.25, 0.3) is 0 Å². The summed E-state index contributed by atoms with van der Waals surface area (Å²) in [5.74, 6) is 0.862. The van der Waals surface area contributed by atoms with Gasteiger partial charge in [0.2, 0.25) is 5.91 Å². The third-order valence-corrected chi connectivity index (χ3v) is 8.45. The molecule has 1 fully saturated rings. The van der Waals surface area contributed by atoms with Crippen LogP contribution >= 0.6 is 11.8 Å². The van der Waals surface area contributed by atoms with E-state index >= 15 is 0 Å². The fraction of sp³-hybridized carbons (Fsp3) is 0.630. The zero-order valence-electron chi connectivity index (χ0n) is 19.3. The van der Waals surface area contributed by atoms with Crippen LogP contribution in [0.4, 0.5) is 5.69 Å². The van der Waals surface area contributed by atoms with E-state index in [4.69, 9.17) is 0 Å². The molecule has 0 aliphatic heterocycles. The first-order chi connectivity index (χ1) is 15.1. The maximum absolute atomic E-state index is 13.6. The summed E-state index contributed by atoms with van der Waals surface area (Å²) in [5, 5.41) is 3.50. The molecule has 0 aromatic heterocycles. The van der Waals surface area contributed by atoms with Gasteiger partial charge in [0.25, 0.3) is 0 Å². The molecule has 1 N–H and O–H groups in total. The van der Waals surface area contributed by atoms with Gasteiger partial charge in [-0.25, -0.2) is 0 Å². The Morgan fingerprint density at radius 3 is 2.32 bits per heavy atom. The van der Waals surface area contributed by atoms with Crippen LogP contribution in [0, 0.1) is 17.3 Å². The molecule has 0 spiro atoms. The third kappa shape index (κ3) is 6.47. The van der Waals surface area contributed by atoms with Gasteiger partial charge in [-0.3, -0.25) is 9.59 Å². The number of thioether (sulfide) groups is 1. The Morgan fingerprint density at radius 1 is 1.03 bits per heavy atom. The smallest absolute Gasteiger partial charge is 0.230 e. The molecule has 0 saturated heterocycles. The molecule has 1 saturated carbocycles. The highest BCUT2D eigenvalue weighted by Gasteiger charge is 2.40. The second kappa shape index (κ2) is 11.9. The number of allylic oxidation sites excluding steroid dienone is 2. The van der Waals surface area contributed by atoms with Gasteiger partial charge in [-0.1, -0.05) is 70.2 Å². The van der Waals surface area contributed by atoms with E-state index < -0.39 is 0 Å². The van der Waals surface area contributed by atoms with Gasteiger partial charge < -0.3 is 5.32 Å². The highest BCUT2D eigenvalue weighted by molar-refractivity contribution is 8.13. The van der Waals surface area contributed by atoms with Crippen LogP contribution in [0.15, 0.2) is 41.3 Å². The Labute approximate surface area is 192 Å². The minimum Gasteiger partial charge on any atom is -0.325 e. The molecule has 0 radical (unpaired) electrons. The Morgan fingerprint density at radius 2 is 1.68 bits per heavy atom. The zero-order valence-corrected chi connectivity index (χ0v) is 20.1. The van der Waals surface area contributed by atoms with Crippen molar-refractivity contribution in [3.63, 3.8) is 0 Å². The number of rotatable bonds is 8. The summed E-state index contributed by atoms with van der Waals surface area (Å²) in [6, 6.07) is 7.84. The predicted octanol–water partition coefficient (Wildman–Crippen LogP) is 7.77.